The topological polar surface area (TPSA) is 59.0 Å². The number of aromatic nitrogens is 2. The van der Waals surface area contributed by atoms with Crippen molar-refractivity contribution in [3.8, 4) is 0 Å². The van der Waals surface area contributed by atoms with Gasteiger partial charge in [0.15, 0.2) is 0 Å². The molecule has 2 N–H and O–H groups in total. The Hall–Kier alpha value is -1.88. The summed E-state index contributed by atoms with van der Waals surface area (Å²) in [4.78, 5) is 12.5. The van der Waals surface area contributed by atoms with Gasteiger partial charge in [0.05, 0.1) is 11.7 Å². The van der Waals surface area contributed by atoms with E-state index in [9.17, 15) is 4.79 Å². The Morgan fingerprint density at radius 1 is 1.35 bits per heavy atom. The number of benzene rings is 1. The van der Waals surface area contributed by atoms with E-state index in [1.165, 1.54) is 24.1 Å². The summed E-state index contributed by atoms with van der Waals surface area (Å²) in [5.41, 5.74) is 1.55. The van der Waals surface area contributed by atoms with Crippen LogP contribution in [0.1, 0.15) is 38.4 Å². The Balaban J connectivity index is 1.59. The largest absolute Gasteiger partial charge is 0.381 e. The van der Waals surface area contributed by atoms with Crippen molar-refractivity contribution in [3.63, 3.8) is 0 Å². The number of hydrogen-bond acceptors (Lipinski definition) is 4. The monoisotopic (exact) mass is 312 g/mol. The zero-order chi connectivity index (χ0) is 16.2. The lowest BCUT2D eigenvalue weighted by Crippen LogP contribution is -2.41. The minimum Gasteiger partial charge on any atom is -0.381 e. The van der Waals surface area contributed by atoms with Crippen molar-refractivity contribution in [1.29, 1.82) is 0 Å². The van der Waals surface area contributed by atoms with Crippen molar-refractivity contribution in [2.75, 3.05) is 11.9 Å². The molecule has 1 aliphatic carbocycles. The molecule has 0 amide bonds. The van der Waals surface area contributed by atoms with Gasteiger partial charge in [0, 0.05) is 28.6 Å². The molecule has 2 aromatic rings. The smallest absolute Gasteiger partial charge is 0.252 e. The predicted octanol–water partition coefficient (Wildman–Crippen LogP) is 2.88. The van der Waals surface area contributed by atoms with Crippen LogP contribution >= 0.6 is 0 Å². The third-order valence-electron chi connectivity index (χ3n) is 5.08. The maximum absolute atomic E-state index is 12.5. The minimum atomic E-state index is -0.440. The highest BCUT2D eigenvalue weighted by atomic mass is 16.2. The van der Waals surface area contributed by atoms with Crippen LogP contribution in [-0.4, -0.2) is 34.3 Å². The Kier molecular flexibility index (Phi) is 3.23. The molecule has 23 heavy (non-hydrogen) atoms. The van der Waals surface area contributed by atoms with Crippen LogP contribution in [0.15, 0.2) is 24.4 Å². The lowest BCUT2D eigenvalue weighted by Gasteiger charge is -2.25. The molecule has 1 aromatic heterocycles. The molecule has 122 valence electrons. The summed E-state index contributed by atoms with van der Waals surface area (Å²) in [6, 6.07) is 7.26. The summed E-state index contributed by atoms with van der Waals surface area (Å²) in [5.74, 6) is 0.846. The first-order valence-electron chi connectivity index (χ1n) is 8.44. The molecule has 0 spiro atoms. The second-order valence-electron chi connectivity index (χ2n) is 7.99. The van der Waals surface area contributed by atoms with Gasteiger partial charge < -0.3 is 10.6 Å². The second kappa shape index (κ2) is 5.06. The lowest BCUT2D eigenvalue weighted by molar-refractivity contribution is 0.0755. The van der Waals surface area contributed by atoms with Crippen LogP contribution in [0.4, 0.5) is 5.69 Å². The third-order valence-corrected chi connectivity index (χ3v) is 5.08. The molecule has 2 fully saturated rings. The van der Waals surface area contributed by atoms with Crippen LogP contribution in [0.25, 0.3) is 10.9 Å². The molecule has 5 nitrogen and oxygen atoms in total. The van der Waals surface area contributed by atoms with Crippen molar-refractivity contribution in [2.45, 2.75) is 45.7 Å². The van der Waals surface area contributed by atoms with Gasteiger partial charge in [-0.3, -0.25) is 4.79 Å². The zero-order valence-corrected chi connectivity index (χ0v) is 14.0. The van der Waals surface area contributed by atoms with Crippen LogP contribution in [-0.2, 0) is 0 Å². The Bertz CT molecular complexity index is 758. The predicted molar refractivity (Wildman–Crippen MR) is 91.7 cm³/mol. The molecular weight excluding hydrogens is 288 g/mol. The van der Waals surface area contributed by atoms with Crippen molar-refractivity contribution >= 4 is 22.5 Å². The highest BCUT2D eigenvalue weighted by Crippen LogP contribution is 2.33. The molecule has 2 bridgehead atoms. The average Bonchev–Trinajstić information content (AvgIpc) is 3.19. The fourth-order valence-electron chi connectivity index (χ4n) is 3.83. The molecular formula is C18H24N4O. The molecule has 2 aliphatic rings. The molecule has 3 atom stereocenters. The Labute approximate surface area is 136 Å². The van der Waals surface area contributed by atoms with Crippen LogP contribution < -0.4 is 10.6 Å². The summed E-state index contributed by atoms with van der Waals surface area (Å²) in [7, 11) is 0. The van der Waals surface area contributed by atoms with E-state index in [1.54, 1.807) is 6.20 Å². The van der Waals surface area contributed by atoms with E-state index in [2.05, 4.69) is 27.9 Å². The number of nitrogens with one attached hydrogen (secondary N) is 2. The standard InChI is InChI=1S/C18H24N4O/c1-18(2,3)17(23)22-16-5-4-13(8-12(16)10-20-22)21-15-7-11-6-14(15)19-9-11/h4-5,8,10-11,14-15,19,21H,6-7,9H2,1-3H3/t11-,14-,15-/m1/s1. The summed E-state index contributed by atoms with van der Waals surface area (Å²) < 4.78 is 1.53. The molecule has 1 saturated carbocycles. The first kappa shape index (κ1) is 14.7. The quantitative estimate of drug-likeness (QED) is 0.895. The first-order chi connectivity index (χ1) is 10.9. The number of carbonyl (C=O) groups is 1. The van der Waals surface area contributed by atoms with Gasteiger partial charge in [-0.15, -0.1) is 0 Å². The molecule has 0 radical (unpaired) electrons. The SMILES string of the molecule is CC(C)(C)C(=O)n1ncc2cc(N[C@@H]3C[C@@H]4CN[C@@H]3C4)ccc21. The number of carbonyl (C=O) groups excluding carboxylic acids is 1. The molecule has 5 heteroatoms. The van der Waals surface area contributed by atoms with E-state index in [0.717, 1.165) is 22.5 Å². The van der Waals surface area contributed by atoms with Crippen LogP contribution in [0.3, 0.4) is 0 Å². The van der Waals surface area contributed by atoms with E-state index >= 15 is 0 Å². The normalized spacial score (nSPS) is 26.8. The number of fused-ring (bicyclic) bond motifs is 3. The van der Waals surface area contributed by atoms with Gasteiger partial charge in [0.25, 0.3) is 5.91 Å². The Morgan fingerprint density at radius 3 is 2.83 bits per heavy atom. The van der Waals surface area contributed by atoms with Gasteiger partial charge >= 0.3 is 0 Å². The van der Waals surface area contributed by atoms with E-state index in [4.69, 9.17) is 0 Å². The number of anilines is 1. The number of nitrogens with zero attached hydrogens (tertiary/aromatic N) is 2. The van der Waals surface area contributed by atoms with Gasteiger partial charge in [-0.05, 0) is 43.5 Å². The molecule has 1 aliphatic heterocycles. The summed E-state index contributed by atoms with van der Waals surface area (Å²) >= 11 is 0. The lowest BCUT2D eigenvalue weighted by atomic mass is 9.96. The summed E-state index contributed by atoms with van der Waals surface area (Å²) in [6.45, 7) is 6.92. The van der Waals surface area contributed by atoms with Crippen LogP contribution in [0.5, 0.6) is 0 Å². The van der Waals surface area contributed by atoms with Crippen LogP contribution in [0.2, 0.25) is 0 Å². The van der Waals surface area contributed by atoms with Crippen molar-refractivity contribution in [3.05, 3.63) is 24.4 Å². The van der Waals surface area contributed by atoms with Gasteiger partial charge in [-0.2, -0.15) is 9.78 Å². The van der Waals surface area contributed by atoms with E-state index in [-0.39, 0.29) is 5.91 Å². The van der Waals surface area contributed by atoms with Crippen LogP contribution in [0, 0.1) is 11.3 Å². The number of piperidine rings is 1. The highest BCUT2D eigenvalue weighted by Gasteiger charge is 2.39. The fourth-order valence-corrected chi connectivity index (χ4v) is 3.83. The fraction of sp³-hybridized carbons (Fsp3) is 0.556. The summed E-state index contributed by atoms with van der Waals surface area (Å²) in [6.07, 6.45) is 4.32. The Morgan fingerprint density at radius 2 is 2.17 bits per heavy atom. The molecule has 4 rings (SSSR count). The zero-order valence-electron chi connectivity index (χ0n) is 14.0. The van der Waals surface area contributed by atoms with E-state index < -0.39 is 5.41 Å². The van der Waals surface area contributed by atoms with Gasteiger partial charge in [0.2, 0.25) is 0 Å². The molecule has 1 saturated heterocycles. The average molecular weight is 312 g/mol. The molecule has 1 aromatic carbocycles. The minimum absolute atomic E-state index is 0.0190. The van der Waals surface area contributed by atoms with E-state index in [1.807, 2.05) is 26.8 Å². The van der Waals surface area contributed by atoms with Gasteiger partial charge in [-0.25, -0.2) is 0 Å². The summed E-state index contributed by atoms with van der Waals surface area (Å²) in [5, 5.41) is 12.5. The molecule has 0 unspecified atom stereocenters. The maximum atomic E-state index is 12.5. The van der Waals surface area contributed by atoms with Gasteiger partial charge in [-0.1, -0.05) is 20.8 Å². The van der Waals surface area contributed by atoms with Crippen molar-refractivity contribution in [2.24, 2.45) is 11.3 Å². The maximum Gasteiger partial charge on any atom is 0.252 e. The third kappa shape index (κ3) is 2.53. The van der Waals surface area contributed by atoms with Gasteiger partial charge in [0.1, 0.15) is 0 Å². The second-order valence-corrected chi connectivity index (χ2v) is 7.99. The van der Waals surface area contributed by atoms with Crippen molar-refractivity contribution in [1.82, 2.24) is 15.1 Å². The number of rotatable bonds is 2. The van der Waals surface area contributed by atoms with E-state index in [0.29, 0.717) is 12.1 Å². The van der Waals surface area contributed by atoms with Crippen molar-refractivity contribution < 1.29 is 4.79 Å². The first-order valence-corrected chi connectivity index (χ1v) is 8.44. The molecule has 2 heterocycles. The highest BCUT2D eigenvalue weighted by molar-refractivity contribution is 5.94. The number of hydrogen-bond donors (Lipinski definition) is 2.